The van der Waals surface area contributed by atoms with E-state index in [4.69, 9.17) is 0 Å². The number of nitrogens with zero attached hydrogens (tertiary/aromatic N) is 3. The van der Waals surface area contributed by atoms with Gasteiger partial charge in [0.25, 0.3) is 11.5 Å². The first-order chi connectivity index (χ1) is 12.7. The van der Waals surface area contributed by atoms with Gasteiger partial charge in [0.05, 0.1) is 5.69 Å². The van der Waals surface area contributed by atoms with Gasteiger partial charge < -0.3 is 4.90 Å². The largest absolute Gasteiger partial charge is 0.307 e. The molecule has 0 aliphatic heterocycles. The van der Waals surface area contributed by atoms with Crippen LogP contribution in [0.3, 0.4) is 0 Å². The van der Waals surface area contributed by atoms with Crippen LogP contribution in [0.5, 0.6) is 0 Å². The fourth-order valence-electron chi connectivity index (χ4n) is 2.69. The molecule has 132 valence electrons. The summed E-state index contributed by atoms with van der Waals surface area (Å²) in [5.41, 5.74) is 1.43. The van der Waals surface area contributed by atoms with E-state index in [1.807, 2.05) is 48.5 Å². The van der Waals surface area contributed by atoms with Crippen LogP contribution in [0.4, 0.5) is 5.69 Å². The number of amides is 1. The van der Waals surface area contributed by atoms with Gasteiger partial charge in [0.2, 0.25) is 0 Å². The molecule has 0 saturated carbocycles. The highest BCUT2D eigenvalue weighted by molar-refractivity contribution is 6.04. The van der Waals surface area contributed by atoms with Crippen molar-refractivity contribution in [3.63, 3.8) is 0 Å². The third kappa shape index (κ3) is 3.88. The number of carbonyl (C=O) groups excluding carboxylic acids is 1. The fraction of sp³-hybridized carbons (Fsp3) is 0.190. The van der Waals surface area contributed by atoms with E-state index in [1.165, 1.54) is 16.8 Å². The average molecular weight is 347 g/mol. The minimum Gasteiger partial charge on any atom is -0.307 e. The normalized spacial score (nSPS) is 10.5. The van der Waals surface area contributed by atoms with E-state index in [-0.39, 0.29) is 17.2 Å². The number of anilines is 1. The molecule has 0 N–H and O–H groups in total. The number of rotatable bonds is 6. The predicted octanol–water partition coefficient (Wildman–Crippen LogP) is 3.68. The smallest absolute Gasteiger partial charge is 0.278 e. The molecule has 5 nitrogen and oxygen atoms in total. The van der Waals surface area contributed by atoms with E-state index >= 15 is 0 Å². The maximum Gasteiger partial charge on any atom is 0.278 e. The molecule has 3 rings (SSSR count). The van der Waals surface area contributed by atoms with Crippen LogP contribution >= 0.6 is 0 Å². The molecule has 1 amide bonds. The molecule has 0 saturated heterocycles. The molecule has 0 atom stereocenters. The zero-order chi connectivity index (χ0) is 18.4. The quantitative estimate of drug-likeness (QED) is 0.683. The Kier molecular flexibility index (Phi) is 5.59. The highest BCUT2D eigenvalue weighted by Crippen LogP contribution is 2.17. The molecule has 26 heavy (non-hydrogen) atoms. The Labute approximate surface area is 152 Å². The minimum absolute atomic E-state index is 0.214. The van der Waals surface area contributed by atoms with Crippen LogP contribution in [-0.2, 0) is 0 Å². The molecule has 0 aliphatic rings. The maximum atomic E-state index is 13.1. The number of carbonyl (C=O) groups is 1. The first kappa shape index (κ1) is 17.6. The molecule has 0 bridgehead atoms. The van der Waals surface area contributed by atoms with Gasteiger partial charge in [-0.05, 0) is 36.8 Å². The number of para-hydroxylation sites is 2. The lowest BCUT2D eigenvalue weighted by Gasteiger charge is -2.22. The Balaban J connectivity index is 1.98. The average Bonchev–Trinajstić information content (AvgIpc) is 2.70. The highest BCUT2D eigenvalue weighted by atomic mass is 16.2. The van der Waals surface area contributed by atoms with Crippen molar-refractivity contribution >= 4 is 11.6 Å². The third-order valence-corrected chi connectivity index (χ3v) is 4.07. The molecule has 3 aromatic rings. The predicted molar refractivity (Wildman–Crippen MR) is 103 cm³/mol. The SMILES string of the molecule is CCCCN(C(=O)c1ccc(=O)n(-c2ccccc2)n1)c1ccccc1. The zero-order valence-electron chi connectivity index (χ0n) is 14.7. The van der Waals surface area contributed by atoms with Crippen molar-refractivity contribution < 1.29 is 4.79 Å². The second kappa shape index (κ2) is 8.25. The Morgan fingerprint density at radius 1 is 0.962 bits per heavy atom. The topological polar surface area (TPSA) is 55.2 Å². The van der Waals surface area contributed by atoms with Gasteiger partial charge in [-0.2, -0.15) is 9.78 Å². The number of benzene rings is 2. The lowest BCUT2D eigenvalue weighted by atomic mass is 10.2. The van der Waals surface area contributed by atoms with E-state index < -0.39 is 0 Å². The molecular weight excluding hydrogens is 326 g/mol. The van der Waals surface area contributed by atoms with E-state index in [0.29, 0.717) is 12.2 Å². The summed E-state index contributed by atoms with van der Waals surface area (Å²) in [6.07, 6.45) is 1.87. The summed E-state index contributed by atoms with van der Waals surface area (Å²) < 4.78 is 1.26. The van der Waals surface area contributed by atoms with Crippen molar-refractivity contribution in [3.8, 4) is 5.69 Å². The Bertz CT molecular complexity index is 921. The van der Waals surface area contributed by atoms with Crippen molar-refractivity contribution in [1.29, 1.82) is 0 Å². The second-order valence-electron chi connectivity index (χ2n) is 5.95. The summed E-state index contributed by atoms with van der Waals surface area (Å²) in [4.78, 5) is 27.0. The van der Waals surface area contributed by atoms with Crippen molar-refractivity contribution in [2.75, 3.05) is 11.4 Å². The van der Waals surface area contributed by atoms with Crippen molar-refractivity contribution in [2.45, 2.75) is 19.8 Å². The lowest BCUT2D eigenvalue weighted by Crippen LogP contribution is -2.34. The fourth-order valence-corrected chi connectivity index (χ4v) is 2.69. The van der Waals surface area contributed by atoms with Crippen LogP contribution in [0.2, 0.25) is 0 Å². The number of unbranched alkanes of at least 4 members (excludes halogenated alkanes) is 1. The molecule has 0 spiro atoms. The van der Waals surface area contributed by atoms with Crippen molar-refractivity contribution in [2.24, 2.45) is 0 Å². The van der Waals surface area contributed by atoms with Crippen LogP contribution < -0.4 is 10.5 Å². The zero-order valence-corrected chi connectivity index (χ0v) is 14.7. The van der Waals surface area contributed by atoms with Gasteiger partial charge in [0.15, 0.2) is 0 Å². The number of aromatic nitrogens is 2. The van der Waals surface area contributed by atoms with Crippen molar-refractivity contribution in [1.82, 2.24) is 9.78 Å². The summed E-state index contributed by atoms with van der Waals surface area (Å²) in [7, 11) is 0. The van der Waals surface area contributed by atoms with Gasteiger partial charge in [-0.15, -0.1) is 0 Å². The molecule has 0 aliphatic carbocycles. The van der Waals surface area contributed by atoms with Crippen LogP contribution in [0.25, 0.3) is 5.69 Å². The van der Waals surface area contributed by atoms with Gasteiger partial charge in [0.1, 0.15) is 5.69 Å². The lowest BCUT2D eigenvalue weighted by molar-refractivity contribution is 0.0980. The molecule has 2 aromatic carbocycles. The Morgan fingerprint density at radius 2 is 1.62 bits per heavy atom. The van der Waals surface area contributed by atoms with Gasteiger partial charge in [-0.25, -0.2) is 0 Å². The van der Waals surface area contributed by atoms with Gasteiger partial charge in [-0.3, -0.25) is 9.59 Å². The summed E-state index contributed by atoms with van der Waals surface area (Å²) in [5, 5.41) is 4.31. The summed E-state index contributed by atoms with van der Waals surface area (Å²) in [6.45, 7) is 2.69. The summed E-state index contributed by atoms with van der Waals surface area (Å²) >= 11 is 0. The highest BCUT2D eigenvalue weighted by Gasteiger charge is 2.19. The number of hydrogen-bond donors (Lipinski definition) is 0. The summed E-state index contributed by atoms with van der Waals surface area (Å²) in [5.74, 6) is -0.214. The van der Waals surface area contributed by atoms with Gasteiger partial charge >= 0.3 is 0 Å². The Morgan fingerprint density at radius 3 is 2.27 bits per heavy atom. The first-order valence-electron chi connectivity index (χ1n) is 8.73. The minimum atomic E-state index is -0.271. The van der Waals surface area contributed by atoms with Gasteiger partial charge in [0, 0.05) is 18.3 Å². The van der Waals surface area contributed by atoms with E-state index in [0.717, 1.165) is 18.5 Å². The van der Waals surface area contributed by atoms with Crippen LogP contribution in [0.15, 0.2) is 77.6 Å². The monoisotopic (exact) mass is 347 g/mol. The second-order valence-corrected chi connectivity index (χ2v) is 5.95. The standard InChI is InChI=1S/C21H21N3O2/c1-2-3-16-23(17-10-6-4-7-11-17)21(26)19-14-15-20(25)24(22-19)18-12-8-5-9-13-18/h4-15H,2-3,16H2,1H3. The third-order valence-electron chi connectivity index (χ3n) is 4.07. The van der Waals surface area contributed by atoms with Crippen LogP contribution in [0, 0.1) is 0 Å². The molecule has 1 heterocycles. The molecule has 0 radical (unpaired) electrons. The van der Waals surface area contributed by atoms with Gasteiger partial charge in [-0.1, -0.05) is 49.7 Å². The van der Waals surface area contributed by atoms with E-state index in [1.54, 1.807) is 17.0 Å². The molecular formula is C21H21N3O2. The molecule has 1 aromatic heterocycles. The molecule has 0 unspecified atom stereocenters. The molecule has 5 heteroatoms. The van der Waals surface area contributed by atoms with Crippen molar-refractivity contribution in [3.05, 3.63) is 88.8 Å². The van der Waals surface area contributed by atoms with Crippen LogP contribution in [-0.4, -0.2) is 22.2 Å². The first-order valence-corrected chi connectivity index (χ1v) is 8.73. The molecule has 0 fully saturated rings. The van der Waals surface area contributed by atoms with E-state index in [2.05, 4.69) is 12.0 Å². The Hall–Kier alpha value is -3.21. The number of hydrogen-bond acceptors (Lipinski definition) is 3. The maximum absolute atomic E-state index is 13.1. The van der Waals surface area contributed by atoms with E-state index in [9.17, 15) is 9.59 Å². The summed E-state index contributed by atoms with van der Waals surface area (Å²) in [6, 6.07) is 21.5. The van der Waals surface area contributed by atoms with Crippen LogP contribution in [0.1, 0.15) is 30.3 Å².